The summed E-state index contributed by atoms with van der Waals surface area (Å²) in [5, 5.41) is 18.3. The summed E-state index contributed by atoms with van der Waals surface area (Å²) in [6, 6.07) is 5.81. The Balaban J connectivity index is 1.28. The van der Waals surface area contributed by atoms with E-state index in [0.717, 1.165) is 30.5 Å². The topological polar surface area (TPSA) is 132 Å². The number of methoxy groups -OCH3 is 1. The van der Waals surface area contributed by atoms with Gasteiger partial charge in [0.15, 0.2) is 5.69 Å². The van der Waals surface area contributed by atoms with Gasteiger partial charge < -0.3 is 15.4 Å². The highest BCUT2D eigenvalue weighted by molar-refractivity contribution is 6.08. The zero-order chi connectivity index (χ0) is 26.6. The molecule has 2 N–H and O–H groups in total. The van der Waals surface area contributed by atoms with Crippen LogP contribution < -0.4 is 10.6 Å². The van der Waals surface area contributed by atoms with E-state index in [2.05, 4.69) is 42.9 Å². The molecule has 0 aliphatic carbocycles. The Hall–Kier alpha value is -4.16. The maximum atomic E-state index is 13.1. The Bertz CT molecular complexity index is 1460. The zero-order valence-electron chi connectivity index (χ0n) is 21.7. The fourth-order valence-electron chi connectivity index (χ4n) is 4.57. The second-order valence-electron chi connectivity index (χ2n) is 9.49. The van der Waals surface area contributed by atoms with Gasteiger partial charge in [-0.15, -0.1) is 5.10 Å². The first kappa shape index (κ1) is 25.5. The Morgan fingerprint density at radius 2 is 2.03 bits per heavy atom. The molecule has 0 radical (unpaired) electrons. The normalized spacial score (nSPS) is 15.7. The van der Waals surface area contributed by atoms with Crippen LogP contribution >= 0.6 is 0 Å². The van der Waals surface area contributed by atoms with Crippen molar-refractivity contribution in [3.05, 3.63) is 54.4 Å². The molecule has 1 atom stereocenters. The van der Waals surface area contributed by atoms with Gasteiger partial charge in [-0.3, -0.25) is 24.2 Å². The second kappa shape index (κ2) is 11.1. The standard InChI is InChI=1S/C26H31N9O3/c1-17-5-4-8-33(17)16-24(36)29-21-11-22(18(2)27-13-21)30-26(37)25-23-7-6-19(15-35(23)32-31-25)20-12-28-34(14-20)9-10-38-3/h6-7,11-15,17H,4-5,8-10,16H2,1-3H3,(H,29,36)(H,30,37)/t17-/m0/s1. The van der Waals surface area contributed by atoms with E-state index in [-0.39, 0.29) is 11.6 Å². The summed E-state index contributed by atoms with van der Waals surface area (Å²) in [5.74, 6) is -0.523. The first-order valence-electron chi connectivity index (χ1n) is 12.6. The number of hydrogen-bond acceptors (Lipinski definition) is 8. The maximum absolute atomic E-state index is 13.1. The van der Waals surface area contributed by atoms with Gasteiger partial charge in [-0.25, -0.2) is 4.52 Å². The van der Waals surface area contributed by atoms with Crippen LogP contribution in [0.25, 0.3) is 16.6 Å². The number of ether oxygens (including phenoxy) is 1. The molecule has 0 saturated carbocycles. The summed E-state index contributed by atoms with van der Waals surface area (Å²) in [6.07, 6.45) is 9.31. The molecule has 0 unspecified atom stereocenters. The summed E-state index contributed by atoms with van der Waals surface area (Å²) in [5.41, 5.74) is 4.19. The third kappa shape index (κ3) is 5.55. The van der Waals surface area contributed by atoms with Crippen molar-refractivity contribution in [2.45, 2.75) is 39.3 Å². The van der Waals surface area contributed by atoms with Gasteiger partial charge in [0.05, 0.1) is 54.7 Å². The fourth-order valence-corrected chi connectivity index (χ4v) is 4.57. The number of amides is 2. The Morgan fingerprint density at radius 1 is 1.16 bits per heavy atom. The van der Waals surface area contributed by atoms with Crippen LogP contribution in [0.1, 0.15) is 35.9 Å². The van der Waals surface area contributed by atoms with E-state index in [1.165, 1.54) is 0 Å². The number of pyridine rings is 2. The predicted octanol–water partition coefficient (Wildman–Crippen LogP) is 2.62. The van der Waals surface area contributed by atoms with Crippen molar-refractivity contribution in [2.75, 3.05) is 37.4 Å². The number of nitrogens with one attached hydrogen (secondary N) is 2. The number of aryl methyl sites for hydroxylation is 1. The Labute approximate surface area is 220 Å². The largest absolute Gasteiger partial charge is 0.383 e. The molecule has 4 aromatic rings. The predicted molar refractivity (Wildman–Crippen MR) is 142 cm³/mol. The van der Waals surface area contributed by atoms with Crippen molar-refractivity contribution in [2.24, 2.45) is 0 Å². The molecule has 5 rings (SSSR count). The summed E-state index contributed by atoms with van der Waals surface area (Å²) in [7, 11) is 1.65. The van der Waals surface area contributed by atoms with Crippen molar-refractivity contribution in [1.82, 2.24) is 34.5 Å². The van der Waals surface area contributed by atoms with Crippen LogP contribution in [-0.2, 0) is 16.1 Å². The van der Waals surface area contributed by atoms with Gasteiger partial charge in [-0.05, 0) is 45.4 Å². The number of carbonyl (C=O) groups is 2. The highest BCUT2D eigenvalue weighted by Gasteiger charge is 2.23. The summed E-state index contributed by atoms with van der Waals surface area (Å²) < 4.78 is 8.48. The van der Waals surface area contributed by atoms with E-state index in [1.54, 1.807) is 49.3 Å². The van der Waals surface area contributed by atoms with Crippen LogP contribution in [0.5, 0.6) is 0 Å². The van der Waals surface area contributed by atoms with E-state index >= 15 is 0 Å². The summed E-state index contributed by atoms with van der Waals surface area (Å²) >= 11 is 0. The molecular weight excluding hydrogens is 486 g/mol. The number of fused-ring (bicyclic) bond motifs is 1. The maximum Gasteiger partial charge on any atom is 0.278 e. The van der Waals surface area contributed by atoms with Crippen LogP contribution in [0.4, 0.5) is 11.4 Å². The van der Waals surface area contributed by atoms with Crippen LogP contribution in [0, 0.1) is 6.92 Å². The monoisotopic (exact) mass is 517 g/mol. The number of likely N-dealkylation sites (tertiary alicyclic amines) is 1. The highest BCUT2D eigenvalue weighted by Crippen LogP contribution is 2.23. The lowest BCUT2D eigenvalue weighted by molar-refractivity contribution is -0.117. The minimum atomic E-state index is -0.417. The molecule has 12 heteroatoms. The number of hydrogen-bond donors (Lipinski definition) is 2. The number of nitrogens with zero attached hydrogens (tertiary/aromatic N) is 7. The molecule has 5 heterocycles. The van der Waals surface area contributed by atoms with Crippen LogP contribution in [0.3, 0.4) is 0 Å². The van der Waals surface area contributed by atoms with E-state index in [4.69, 9.17) is 4.74 Å². The van der Waals surface area contributed by atoms with Crippen LogP contribution in [-0.4, -0.2) is 79.2 Å². The number of anilines is 2. The quantitative estimate of drug-likeness (QED) is 0.346. The average molecular weight is 518 g/mol. The lowest BCUT2D eigenvalue weighted by atomic mass is 10.1. The molecule has 0 aromatic carbocycles. The van der Waals surface area contributed by atoms with Crippen LogP contribution in [0.15, 0.2) is 43.0 Å². The lowest BCUT2D eigenvalue weighted by Crippen LogP contribution is -2.35. The van der Waals surface area contributed by atoms with Crippen LogP contribution in [0.2, 0.25) is 0 Å². The van der Waals surface area contributed by atoms with Gasteiger partial charge in [0.25, 0.3) is 5.91 Å². The third-order valence-corrected chi connectivity index (χ3v) is 6.77. The minimum absolute atomic E-state index is 0.106. The molecule has 1 fully saturated rings. The molecule has 198 valence electrons. The molecule has 4 aromatic heterocycles. The smallest absolute Gasteiger partial charge is 0.278 e. The summed E-state index contributed by atoms with van der Waals surface area (Å²) in [4.78, 5) is 32.2. The number of carbonyl (C=O) groups excluding carboxylic acids is 2. The first-order chi connectivity index (χ1) is 18.4. The molecule has 2 amide bonds. The molecule has 1 aliphatic rings. The minimum Gasteiger partial charge on any atom is -0.383 e. The highest BCUT2D eigenvalue weighted by atomic mass is 16.5. The van der Waals surface area contributed by atoms with E-state index < -0.39 is 5.91 Å². The van der Waals surface area contributed by atoms with E-state index in [9.17, 15) is 9.59 Å². The second-order valence-corrected chi connectivity index (χ2v) is 9.49. The van der Waals surface area contributed by atoms with Crippen molar-refractivity contribution < 1.29 is 14.3 Å². The first-order valence-corrected chi connectivity index (χ1v) is 12.6. The van der Waals surface area contributed by atoms with Gasteiger partial charge in [0.2, 0.25) is 5.91 Å². The zero-order valence-corrected chi connectivity index (χ0v) is 21.7. The number of aromatic nitrogens is 6. The van der Waals surface area contributed by atoms with Gasteiger partial charge >= 0.3 is 0 Å². The molecule has 0 bridgehead atoms. The molecule has 38 heavy (non-hydrogen) atoms. The van der Waals surface area contributed by atoms with E-state index in [1.807, 2.05) is 16.9 Å². The molecule has 1 aliphatic heterocycles. The molecule has 0 spiro atoms. The van der Waals surface area contributed by atoms with Gasteiger partial charge in [-0.2, -0.15) is 5.10 Å². The van der Waals surface area contributed by atoms with Gasteiger partial charge in [-0.1, -0.05) is 11.3 Å². The van der Waals surface area contributed by atoms with Gasteiger partial charge in [0, 0.05) is 36.7 Å². The molecular formula is C26H31N9O3. The fraction of sp³-hybridized carbons (Fsp3) is 0.385. The molecule has 1 saturated heterocycles. The van der Waals surface area contributed by atoms with Gasteiger partial charge in [0.1, 0.15) is 0 Å². The average Bonchev–Trinajstić information content (AvgIpc) is 3.64. The summed E-state index contributed by atoms with van der Waals surface area (Å²) in [6.45, 7) is 6.41. The van der Waals surface area contributed by atoms with Crippen molar-refractivity contribution >= 4 is 28.7 Å². The molecule has 12 nitrogen and oxygen atoms in total. The van der Waals surface area contributed by atoms with Crippen molar-refractivity contribution in [3.8, 4) is 11.1 Å². The van der Waals surface area contributed by atoms with E-state index in [0.29, 0.717) is 48.3 Å². The SMILES string of the molecule is COCCn1cc(-c2ccc3c(C(=O)Nc4cc(NC(=O)CN5CCC[C@@H]5C)cnc4C)nnn3c2)cn1. The van der Waals surface area contributed by atoms with Crippen molar-refractivity contribution in [1.29, 1.82) is 0 Å². The Kier molecular flexibility index (Phi) is 7.43. The Morgan fingerprint density at radius 3 is 2.82 bits per heavy atom. The number of rotatable bonds is 9. The van der Waals surface area contributed by atoms with Crippen molar-refractivity contribution in [3.63, 3.8) is 0 Å². The third-order valence-electron chi connectivity index (χ3n) is 6.77. The lowest BCUT2D eigenvalue weighted by Gasteiger charge is -2.20.